The van der Waals surface area contributed by atoms with Crippen LogP contribution in [0.2, 0.25) is 0 Å². The number of aryl methyl sites for hydroxylation is 2. The Morgan fingerprint density at radius 2 is 1.44 bits per heavy atom. The quantitative estimate of drug-likeness (QED) is 0.413. The molecule has 0 aliphatic carbocycles. The van der Waals surface area contributed by atoms with Crippen LogP contribution in [0.1, 0.15) is 40.9 Å². The highest BCUT2D eigenvalue weighted by Crippen LogP contribution is 2.19. The average Bonchev–Trinajstić information content (AvgIpc) is 2.88. The molecule has 1 fully saturated rings. The summed E-state index contributed by atoms with van der Waals surface area (Å²) in [7, 11) is 0. The lowest BCUT2D eigenvalue weighted by atomic mass is 9.96. The second kappa shape index (κ2) is 9.96. The van der Waals surface area contributed by atoms with Crippen LogP contribution in [0.3, 0.4) is 0 Å². The average molecular weight is 454 g/mol. The van der Waals surface area contributed by atoms with Crippen LogP contribution in [0, 0.1) is 6.92 Å². The molecule has 1 saturated heterocycles. The fraction of sp³-hybridized carbons (Fsp3) is 0.300. The van der Waals surface area contributed by atoms with Crippen LogP contribution in [0.5, 0.6) is 0 Å². The van der Waals surface area contributed by atoms with Crippen molar-refractivity contribution < 1.29 is 9.80 Å². The van der Waals surface area contributed by atoms with E-state index >= 15 is 0 Å². The van der Waals surface area contributed by atoms with Crippen LogP contribution < -0.4 is 15.2 Å². The number of hydrogen-bond donors (Lipinski definition) is 3. The van der Waals surface area contributed by atoms with E-state index in [4.69, 9.17) is 0 Å². The Balaban J connectivity index is 1.35. The largest absolute Gasteiger partial charge is 0.358 e. The Morgan fingerprint density at radius 3 is 2.03 bits per heavy atom. The van der Waals surface area contributed by atoms with Gasteiger partial charge in [0.05, 0.1) is 11.1 Å². The zero-order valence-electron chi connectivity index (χ0n) is 20.2. The maximum absolute atomic E-state index is 13.4. The molecule has 34 heavy (non-hydrogen) atoms. The summed E-state index contributed by atoms with van der Waals surface area (Å²) >= 11 is 0. The summed E-state index contributed by atoms with van der Waals surface area (Å²) in [6.45, 7) is 9.31. The molecule has 0 saturated carbocycles. The first-order valence-corrected chi connectivity index (χ1v) is 12.6. The maximum Gasteiger partial charge on any atom is 0.198 e. The summed E-state index contributed by atoms with van der Waals surface area (Å²) < 4.78 is 0. The second-order valence-electron chi connectivity index (χ2n) is 9.59. The summed E-state index contributed by atoms with van der Waals surface area (Å²) in [4.78, 5) is 20.1. The predicted octanol–water partition coefficient (Wildman–Crippen LogP) is 2.47. The number of benzene rings is 3. The van der Waals surface area contributed by atoms with Crippen molar-refractivity contribution >= 4 is 10.9 Å². The minimum absolute atomic E-state index is 0.204. The van der Waals surface area contributed by atoms with Gasteiger partial charge in [-0.25, -0.2) is 0 Å². The molecule has 5 rings (SSSR count). The van der Waals surface area contributed by atoms with Crippen molar-refractivity contribution in [3.05, 3.63) is 117 Å². The standard InChI is InChI=1S/C30H33N3O/c1-3-23-15-10-16-26-28(23)31-22(2)27(30(26)34)21-32-17-19-33(20-18-32)29(24-11-6-4-7-12-24)25-13-8-5-9-14-25/h4-16,29H,3,17-21H2,1-2H3,(H,31,34)/p+2. The number of fused-ring (bicyclic) bond motifs is 1. The Bertz CT molecular complexity index is 1270. The molecule has 2 heterocycles. The number of aromatic nitrogens is 1. The van der Waals surface area contributed by atoms with E-state index in [1.165, 1.54) is 21.6 Å². The Morgan fingerprint density at radius 1 is 0.824 bits per heavy atom. The molecule has 0 spiro atoms. The van der Waals surface area contributed by atoms with Crippen LogP contribution >= 0.6 is 0 Å². The number of rotatable bonds is 6. The van der Waals surface area contributed by atoms with E-state index in [1.807, 2.05) is 12.1 Å². The van der Waals surface area contributed by atoms with Gasteiger partial charge in [0.1, 0.15) is 38.8 Å². The summed E-state index contributed by atoms with van der Waals surface area (Å²) in [5.74, 6) is 0. The number of aromatic amines is 1. The lowest BCUT2D eigenvalue weighted by Crippen LogP contribution is -3.27. The van der Waals surface area contributed by atoms with E-state index in [1.54, 1.807) is 4.90 Å². The van der Waals surface area contributed by atoms with E-state index in [9.17, 15) is 4.79 Å². The smallest absolute Gasteiger partial charge is 0.198 e. The van der Waals surface area contributed by atoms with Gasteiger partial charge in [0.25, 0.3) is 0 Å². The highest BCUT2D eigenvalue weighted by Gasteiger charge is 2.32. The molecule has 174 valence electrons. The summed E-state index contributed by atoms with van der Waals surface area (Å²) in [6, 6.07) is 28.2. The van der Waals surface area contributed by atoms with Crippen molar-refractivity contribution in [3.63, 3.8) is 0 Å². The van der Waals surface area contributed by atoms with Gasteiger partial charge < -0.3 is 14.8 Å². The molecular formula is C30H35N3O+2. The molecule has 0 amide bonds. The van der Waals surface area contributed by atoms with E-state index in [-0.39, 0.29) is 5.43 Å². The lowest BCUT2D eigenvalue weighted by Gasteiger charge is -2.35. The molecule has 1 aromatic heterocycles. The minimum atomic E-state index is 0.204. The molecule has 4 nitrogen and oxygen atoms in total. The monoisotopic (exact) mass is 453 g/mol. The number of pyridine rings is 1. The molecule has 0 bridgehead atoms. The number of nitrogens with one attached hydrogen (secondary N) is 3. The van der Waals surface area contributed by atoms with Crippen LogP contribution in [0.15, 0.2) is 83.7 Å². The molecule has 1 aliphatic rings. The molecule has 0 radical (unpaired) electrons. The van der Waals surface area contributed by atoms with Crippen LogP contribution in [-0.2, 0) is 13.0 Å². The second-order valence-corrected chi connectivity index (χ2v) is 9.59. The molecular weight excluding hydrogens is 418 g/mol. The summed E-state index contributed by atoms with van der Waals surface area (Å²) in [6.07, 6.45) is 0.923. The Labute approximate surface area is 201 Å². The lowest BCUT2D eigenvalue weighted by molar-refractivity contribution is -1.03. The van der Waals surface area contributed by atoms with Gasteiger partial charge in [-0.1, -0.05) is 79.7 Å². The third kappa shape index (κ3) is 4.44. The van der Waals surface area contributed by atoms with Crippen molar-refractivity contribution in [3.8, 4) is 0 Å². The van der Waals surface area contributed by atoms with Gasteiger partial charge >= 0.3 is 0 Å². The number of H-pyrrole nitrogens is 1. The van der Waals surface area contributed by atoms with Crippen molar-refractivity contribution in [2.24, 2.45) is 0 Å². The zero-order chi connectivity index (χ0) is 23.5. The van der Waals surface area contributed by atoms with Crippen molar-refractivity contribution in [1.82, 2.24) is 4.98 Å². The topological polar surface area (TPSA) is 41.7 Å². The van der Waals surface area contributed by atoms with E-state index < -0.39 is 0 Å². The van der Waals surface area contributed by atoms with Crippen LogP contribution in [-0.4, -0.2) is 31.2 Å². The number of quaternary nitrogens is 2. The van der Waals surface area contributed by atoms with Gasteiger partial charge in [-0.05, 0) is 25.0 Å². The number of para-hydroxylation sites is 1. The molecule has 4 aromatic rings. The van der Waals surface area contributed by atoms with Gasteiger partial charge in [0.15, 0.2) is 5.43 Å². The van der Waals surface area contributed by atoms with E-state index in [0.717, 1.165) is 61.3 Å². The van der Waals surface area contributed by atoms with Crippen molar-refractivity contribution in [2.75, 3.05) is 26.2 Å². The molecule has 3 aromatic carbocycles. The fourth-order valence-electron chi connectivity index (χ4n) is 5.64. The number of piperazine rings is 1. The van der Waals surface area contributed by atoms with E-state index in [2.05, 4.69) is 85.6 Å². The molecule has 4 heteroatoms. The molecule has 1 aliphatic heterocycles. The van der Waals surface area contributed by atoms with Gasteiger partial charge in [0.2, 0.25) is 0 Å². The maximum atomic E-state index is 13.4. The Kier molecular flexibility index (Phi) is 6.61. The van der Waals surface area contributed by atoms with Crippen LogP contribution in [0.25, 0.3) is 10.9 Å². The van der Waals surface area contributed by atoms with Gasteiger partial charge in [0, 0.05) is 22.2 Å². The zero-order valence-corrected chi connectivity index (χ0v) is 20.2. The third-order valence-corrected chi connectivity index (χ3v) is 7.52. The molecule has 0 atom stereocenters. The minimum Gasteiger partial charge on any atom is -0.358 e. The summed E-state index contributed by atoms with van der Waals surface area (Å²) in [5.41, 5.74) is 7.14. The molecule has 0 unspecified atom stereocenters. The molecule has 3 N–H and O–H groups in total. The number of hydrogen-bond acceptors (Lipinski definition) is 1. The Hall–Kier alpha value is -3.21. The van der Waals surface area contributed by atoms with Gasteiger partial charge in [-0.2, -0.15) is 0 Å². The third-order valence-electron chi connectivity index (χ3n) is 7.52. The van der Waals surface area contributed by atoms with Crippen LogP contribution in [0.4, 0.5) is 0 Å². The van der Waals surface area contributed by atoms with Crippen molar-refractivity contribution in [1.29, 1.82) is 0 Å². The van der Waals surface area contributed by atoms with Crippen molar-refractivity contribution in [2.45, 2.75) is 32.9 Å². The first kappa shape index (κ1) is 22.6. The van der Waals surface area contributed by atoms with Gasteiger partial charge in [-0.15, -0.1) is 0 Å². The fourth-order valence-corrected chi connectivity index (χ4v) is 5.64. The summed E-state index contributed by atoms with van der Waals surface area (Å²) in [5, 5.41) is 0.830. The highest BCUT2D eigenvalue weighted by atomic mass is 16.1. The first-order valence-electron chi connectivity index (χ1n) is 12.6. The predicted molar refractivity (Wildman–Crippen MR) is 139 cm³/mol. The van der Waals surface area contributed by atoms with E-state index in [0.29, 0.717) is 6.04 Å². The first-order chi connectivity index (χ1) is 16.7. The SMILES string of the molecule is CCc1cccc2c(=O)c(C[NH+]3CC[NH+](C(c4ccccc4)c4ccccc4)CC3)c(C)[nH]c12. The van der Waals surface area contributed by atoms with Gasteiger partial charge in [-0.3, -0.25) is 4.79 Å². The normalized spacial score (nSPS) is 18.4. The highest BCUT2D eigenvalue weighted by molar-refractivity contribution is 5.82.